The topological polar surface area (TPSA) is 92.2 Å². The van der Waals surface area contributed by atoms with Crippen molar-refractivity contribution in [2.75, 3.05) is 37.7 Å². The number of ether oxygens (including phenoxy) is 2. The quantitative estimate of drug-likeness (QED) is 0.871. The fourth-order valence-corrected chi connectivity index (χ4v) is 3.30. The highest BCUT2D eigenvalue weighted by Gasteiger charge is 2.33. The highest BCUT2D eigenvalue weighted by molar-refractivity contribution is 5.93. The van der Waals surface area contributed by atoms with Crippen molar-refractivity contribution in [3.8, 4) is 11.5 Å². The maximum Gasteiger partial charge on any atom is 0.339 e. The molecule has 8 nitrogen and oxygen atoms in total. The molecule has 1 amide bonds. The molecule has 1 fully saturated rings. The number of pyridine rings is 1. The van der Waals surface area contributed by atoms with E-state index in [1.165, 1.54) is 6.07 Å². The van der Waals surface area contributed by atoms with E-state index >= 15 is 0 Å². The van der Waals surface area contributed by atoms with Crippen LogP contribution in [0, 0.1) is 0 Å². The van der Waals surface area contributed by atoms with Crippen molar-refractivity contribution < 1.29 is 24.2 Å². The van der Waals surface area contributed by atoms with Crippen molar-refractivity contribution in [2.24, 2.45) is 0 Å². The van der Waals surface area contributed by atoms with Gasteiger partial charge in [0.1, 0.15) is 18.0 Å². The Labute approximate surface area is 155 Å². The van der Waals surface area contributed by atoms with Gasteiger partial charge in [0.25, 0.3) is 5.91 Å². The molecular formula is C19H19N3O5. The van der Waals surface area contributed by atoms with Crippen LogP contribution in [0.3, 0.4) is 0 Å². The van der Waals surface area contributed by atoms with Gasteiger partial charge in [-0.15, -0.1) is 0 Å². The molecule has 1 atom stereocenters. The molecule has 2 aliphatic heterocycles. The first kappa shape index (κ1) is 17.1. The average molecular weight is 369 g/mol. The molecule has 0 saturated carbocycles. The lowest BCUT2D eigenvalue weighted by Gasteiger charge is -2.37. The van der Waals surface area contributed by atoms with Gasteiger partial charge in [-0.2, -0.15) is 0 Å². The number of carboxylic acid groups (broad SMARTS) is 1. The van der Waals surface area contributed by atoms with Gasteiger partial charge >= 0.3 is 5.97 Å². The first-order valence-electron chi connectivity index (χ1n) is 8.74. The molecule has 8 heteroatoms. The summed E-state index contributed by atoms with van der Waals surface area (Å²) in [6.45, 7) is 2.13. The normalized spacial score (nSPS) is 18.9. The highest BCUT2D eigenvalue weighted by atomic mass is 16.6. The number of carboxylic acids is 1. The van der Waals surface area contributed by atoms with Crippen LogP contribution in [0.25, 0.3) is 0 Å². The Bertz CT molecular complexity index is 864. The third kappa shape index (κ3) is 3.38. The number of para-hydroxylation sites is 2. The summed E-state index contributed by atoms with van der Waals surface area (Å²) in [7, 11) is 0. The van der Waals surface area contributed by atoms with Gasteiger partial charge in [-0.1, -0.05) is 12.1 Å². The van der Waals surface area contributed by atoms with E-state index in [-0.39, 0.29) is 18.1 Å². The lowest BCUT2D eigenvalue weighted by molar-refractivity contribution is -0.141. The van der Waals surface area contributed by atoms with E-state index in [2.05, 4.69) is 4.98 Å². The molecule has 0 spiro atoms. The monoisotopic (exact) mass is 369 g/mol. The number of hydrogen-bond acceptors (Lipinski definition) is 6. The number of carbonyl (C=O) groups excluding carboxylic acids is 1. The van der Waals surface area contributed by atoms with Gasteiger partial charge in [0.05, 0.1) is 0 Å². The van der Waals surface area contributed by atoms with Crippen LogP contribution in [0.1, 0.15) is 10.4 Å². The largest absolute Gasteiger partial charge is 0.485 e. The van der Waals surface area contributed by atoms with Crippen LogP contribution in [0.5, 0.6) is 11.5 Å². The lowest BCUT2D eigenvalue weighted by atomic mass is 10.2. The van der Waals surface area contributed by atoms with Crippen LogP contribution in [-0.2, 0) is 4.79 Å². The number of rotatable bonds is 3. The zero-order chi connectivity index (χ0) is 18.8. The Morgan fingerprint density at radius 3 is 2.52 bits per heavy atom. The number of piperazine rings is 1. The Balaban J connectivity index is 1.40. The van der Waals surface area contributed by atoms with Crippen LogP contribution < -0.4 is 14.4 Å². The molecule has 1 N–H and O–H groups in total. The van der Waals surface area contributed by atoms with Gasteiger partial charge in [-0.25, -0.2) is 9.78 Å². The third-order valence-corrected chi connectivity index (χ3v) is 4.69. The van der Waals surface area contributed by atoms with Crippen LogP contribution >= 0.6 is 0 Å². The molecule has 0 aliphatic carbocycles. The maximum absolute atomic E-state index is 12.8. The molecule has 0 bridgehead atoms. The molecule has 2 aliphatic rings. The van der Waals surface area contributed by atoms with E-state index in [1.807, 2.05) is 23.1 Å². The summed E-state index contributed by atoms with van der Waals surface area (Å²) >= 11 is 0. The molecule has 1 aromatic carbocycles. The predicted octanol–water partition coefficient (Wildman–Crippen LogP) is 1.27. The zero-order valence-electron chi connectivity index (χ0n) is 14.6. The molecule has 2 aromatic rings. The lowest BCUT2D eigenvalue weighted by Crippen LogP contribution is -2.54. The van der Waals surface area contributed by atoms with Crippen molar-refractivity contribution in [2.45, 2.75) is 6.10 Å². The molecule has 1 aromatic heterocycles. The number of anilines is 1. The van der Waals surface area contributed by atoms with Gasteiger partial charge < -0.3 is 24.4 Å². The fourth-order valence-electron chi connectivity index (χ4n) is 3.30. The smallest absolute Gasteiger partial charge is 0.339 e. The van der Waals surface area contributed by atoms with Crippen molar-refractivity contribution in [1.29, 1.82) is 0 Å². The van der Waals surface area contributed by atoms with Crippen LogP contribution in [0.4, 0.5) is 5.82 Å². The minimum atomic E-state index is -1.01. The van der Waals surface area contributed by atoms with E-state index < -0.39 is 12.1 Å². The molecule has 4 rings (SSSR count). The average Bonchev–Trinajstić information content (AvgIpc) is 2.73. The number of benzene rings is 1. The standard InChI is InChI=1S/C19H19N3O5/c23-18(16-12-26-14-5-1-2-6-15(14)27-16)22-10-8-21(9-11-22)17-13(19(24)25)4-3-7-20-17/h1-7,16H,8-12H2,(H,24,25). The maximum atomic E-state index is 12.8. The fraction of sp³-hybridized carbons (Fsp3) is 0.316. The second-order valence-corrected chi connectivity index (χ2v) is 6.36. The molecule has 0 radical (unpaired) electrons. The minimum Gasteiger partial charge on any atom is -0.485 e. The number of hydrogen-bond donors (Lipinski definition) is 1. The van der Waals surface area contributed by atoms with E-state index in [0.717, 1.165) is 0 Å². The molecule has 1 unspecified atom stereocenters. The van der Waals surface area contributed by atoms with E-state index in [0.29, 0.717) is 43.5 Å². The van der Waals surface area contributed by atoms with Gasteiger partial charge in [0, 0.05) is 32.4 Å². The first-order chi connectivity index (χ1) is 13.1. The van der Waals surface area contributed by atoms with Crippen LogP contribution in [0.2, 0.25) is 0 Å². The summed E-state index contributed by atoms with van der Waals surface area (Å²) in [5.41, 5.74) is 0.165. The summed E-state index contributed by atoms with van der Waals surface area (Å²) in [6.07, 6.45) is 0.903. The number of nitrogens with zero attached hydrogens (tertiary/aromatic N) is 3. The Kier molecular flexibility index (Phi) is 4.53. The zero-order valence-corrected chi connectivity index (χ0v) is 14.6. The number of carbonyl (C=O) groups is 2. The summed E-state index contributed by atoms with van der Waals surface area (Å²) in [5, 5.41) is 9.33. The molecule has 140 valence electrons. The Morgan fingerprint density at radius 2 is 1.78 bits per heavy atom. The van der Waals surface area contributed by atoms with Gasteiger partial charge in [-0.3, -0.25) is 4.79 Å². The molecule has 1 saturated heterocycles. The summed E-state index contributed by atoms with van der Waals surface area (Å²) in [5.74, 6) is 0.512. The summed E-state index contributed by atoms with van der Waals surface area (Å²) < 4.78 is 11.4. The third-order valence-electron chi connectivity index (χ3n) is 4.69. The van der Waals surface area contributed by atoms with E-state index in [1.54, 1.807) is 23.2 Å². The number of aromatic nitrogens is 1. The Hall–Kier alpha value is -3.29. The van der Waals surface area contributed by atoms with Crippen molar-refractivity contribution in [3.05, 3.63) is 48.2 Å². The van der Waals surface area contributed by atoms with Crippen molar-refractivity contribution in [1.82, 2.24) is 9.88 Å². The highest BCUT2D eigenvalue weighted by Crippen LogP contribution is 2.31. The second kappa shape index (κ2) is 7.14. The molecule has 27 heavy (non-hydrogen) atoms. The Morgan fingerprint density at radius 1 is 1.04 bits per heavy atom. The number of amides is 1. The first-order valence-corrected chi connectivity index (χ1v) is 8.74. The molecule has 3 heterocycles. The van der Waals surface area contributed by atoms with E-state index in [9.17, 15) is 14.7 Å². The van der Waals surface area contributed by atoms with Crippen LogP contribution in [0.15, 0.2) is 42.6 Å². The summed E-state index contributed by atoms with van der Waals surface area (Å²) in [4.78, 5) is 32.0. The van der Waals surface area contributed by atoms with Gasteiger partial charge in [0.2, 0.25) is 6.10 Å². The molecular weight excluding hydrogens is 350 g/mol. The number of aromatic carboxylic acids is 1. The van der Waals surface area contributed by atoms with Gasteiger partial charge in [0.15, 0.2) is 11.5 Å². The second-order valence-electron chi connectivity index (χ2n) is 6.36. The number of fused-ring (bicyclic) bond motifs is 1. The van der Waals surface area contributed by atoms with E-state index in [4.69, 9.17) is 9.47 Å². The van der Waals surface area contributed by atoms with Gasteiger partial charge in [-0.05, 0) is 24.3 Å². The predicted molar refractivity (Wildman–Crippen MR) is 96.3 cm³/mol. The van der Waals surface area contributed by atoms with Crippen LogP contribution in [-0.4, -0.2) is 65.8 Å². The minimum absolute atomic E-state index is 0.122. The van der Waals surface area contributed by atoms with Crippen molar-refractivity contribution >= 4 is 17.7 Å². The van der Waals surface area contributed by atoms with Crippen molar-refractivity contribution in [3.63, 3.8) is 0 Å². The summed E-state index contributed by atoms with van der Waals surface area (Å²) in [6, 6.07) is 10.4. The SMILES string of the molecule is O=C(O)c1cccnc1N1CCN(C(=O)C2COc3ccccc3O2)CC1.